The summed E-state index contributed by atoms with van der Waals surface area (Å²) in [7, 11) is 0. The highest BCUT2D eigenvalue weighted by Crippen LogP contribution is 2.18. The van der Waals surface area contributed by atoms with Crippen LogP contribution in [-0.2, 0) is 0 Å². The molecule has 0 saturated heterocycles. The zero-order valence-electron chi connectivity index (χ0n) is 8.49. The first kappa shape index (κ1) is 9.52. The number of hydrazone groups is 1. The Bertz CT molecular complexity index is 473. The predicted molar refractivity (Wildman–Crippen MR) is 60.8 cm³/mol. The Morgan fingerprint density at radius 3 is 2.73 bits per heavy atom. The summed E-state index contributed by atoms with van der Waals surface area (Å²) in [6, 6.07) is 5.40. The Morgan fingerprint density at radius 2 is 2.13 bits per heavy atom. The molecule has 15 heavy (non-hydrogen) atoms. The predicted octanol–water partition coefficient (Wildman–Crippen LogP) is 2.08. The molecule has 2 N–H and O–H groups in total. The molecule has 0 atom stereocenters. The highest BCUT2D eigenvalue weighted by molar-refractivity contribution is 6.09. The van der Waals surface area contributed by atoms with Gasteiger partial charge in [0.1, 0.15) is 5.75 Å². The molecule has 0 amide bonds. The van der Waals surface area contributed by atoms with Gasteiger partial charge in [-0.15, -0.1) is 0 Å². The van der Waals surface area contributed by atoms with Crippen molar-refractivity contribution in [3.05, 3.63) is 53.8 Å². The maximum Gasteiger partial charge on any atom is 0.118 e. The molecule has 1 aliphatic heterocycles. The van der Waals surface area contributed by atoms with Gasteiger partial charge in [0.2, 0.25) is 0 Å². The van der Waals surface area contributed by atoms with Gasteiger partial charge in [-0.3, -0.25) is 5.43 Å². The fourth-order valence-corrected chi connectivity index (χ4v) is 1.36. The largest absolute Gasteiger partial charge is 0.508 e. The van der Waals surface area contributed by atoms with Crippen molar-refractivity contribution in [2.24, 2.45) is 5.10 Å². The minimum Gasteiger partial charge on any atom is -0.508 e. The number of nitrogens with one attached hydrogen (secondary N) is 1. The number of nitrogens with zero attached hydrogens (tertiary/aromatic N) is 1. The van der Waals surface area contributed by atoms with Crippen molar-refractivity contribution in [3.8, 4) is 5.75 Å². The zero-order chi connectivity index (χ0) is 10.8. The molecular weight excluding hydrogens is 188 g/mol. The summed E-state index contributed by atoms with van der Waals surface area (Å²) >= 11 is 0. The van der Waals surface area contributed by atoms with Gasteiger partial charge in [0.05, 0.1) is 5.71 Å². The smallest absolute Gasteiger partial charge is 0.118 e. The van der Waals surface area contributed by atoms with Crippen molar-refractivity contribution in [1.82, 2.24) is 5.43 Å². The van der Waals surface area contributed by atoms with E-state index in [1.807, 2.05) is 31.2 Å². The van der Waals surface area contributed by atoms with Gasteiger partial charge in [0.25, 0.3) is 0 Å². The molecule has 0 radical (unpaired) electrons. The van der Waals surface area contributed by atoms with E-state index in [0.717, 1.165) is 22.5 Å². The lowest BCUT2D eigenvalue weighted by Crippen LogP contribution is -2.12. The number of rotatable bonds is 1. The van der Waals surface area contributed by atoms with Crippen LogP contribution >= 0.6 is 0 Å². The summed E-state index contributed by atoms with van der Waals surface area (Å²) in [4.78, 5) is 0. The molecule has 3 heteroatoms. The summed E-state index contributed by atoms with van der Waals surface area (Å²) in [6.45, 7) is 5.59. The van der Waals surface area contributed by atoms with E-state index in [4.69, 9.17) is 0 Å². The number of phenols is 1. The van der Waals surface area contributed by atoms with Gasteiger partial charge in [-0.05, 0) is 42.8 Å². The second-order valence-corrected chi connectivity index (χ2v) is 3.47. The Balaban J connectivity index is 2.35. The fourth-order valence-electron chi connectivity index (χ4n) is 1.36. The molecule has 0 saturated carbocycles. The van der Waals surface area contributed by atoms with Gasteiger partial charge in [0, 0.05) is 11.3 Å². The van der Waals surface area contributed by atoms with Crippen LogP contribution in [0.15, 0.2) is 47.7 Å². The third-order valence-electron chi connectivity index (χ3n) is 2.25. The Kier molecular flexibility index (Phi) is 2.29. The minimum absolute atomic E-state index is 0.302. The topological polar surface area (TPSA) is 44.6 Å². The molecule has 0 bridgehead atoms. The lowest BCUT2D eigenvalue weighted by Gasteiger charge is -2.10. The van der Waals surface area contributed by atoms with Gasteiger partial charge in [0.15, 0.2) is 0 Å². The van der Waals surface area contributed by atoms with Crippen LogP contribution in [0.4, 0.5) is 0 Å². The summed E-state index contributed by atoms with van der Waals surface area (Å²) in [5.41, 5.74) is 6.23. The van der Waals surface area contributed by atoms with Crippen LogP contribution in [0.25, 0.3) is 0 Å². The van der Waals surface area contributed by atoms with Crippen molar-refractivity contribution in [2.75, 3.05) is 0 Å². The van der Waals surface area contributed by atoms with Crippen LogP contribution in [0.2, 0.25) is 0 Å². The first-order chi connectivity index (χ1) is 7.16. The molecule has 1 aliphatic rings. The number of benzene rings is 1. The molecule has 0 aliphatic carbocycles. The van der Waals surface area contributed by atoms with E-state index in [1.165, 1.54) is 0 Å². The Labute approximate surface area is 88.4 Å². The average Bonchev–Trinajstić information content (AvgIpc) is 2.23. The van der Waals surface area contributed by atoms with Gasteiger partial charge in [-0.2, -0.15) is 5.10 Å². The lowest BCUT2D eigenvalue weighted by atomic mass is 10.1. The Morgan fingerprint density at radius 1 is 1.33 bits per heavy atom. The highest BCUT2D eigenvalue weighted by atomic mass is 16.3. The molecule has 76 valence electrons. The van der Waals surface area contributed by atoms with E-state index in [9.17, 15) is 5.11 Å². The molecule has 0 aromatic heterocycles. The maximum absolute atomic E-state index is 9.40. The first-order valence-electron chi connectivity index (χ1n) is 4.67. The van der Waals surface area contributed by atoms with Crippen LogP contribution in [-0.4, -0.2) is 10.8 Å². The molecule has 0 unspecified atom stereocenters. The number of aryl methyl sites for hydroxylation is 1. The van der Waals surface area contributed by atoms with Crippen LogP contribution in [0.1, 0.15) is 11.1 Å². The third-order valence-corrected chi connectivity index (χ3v) is 2.25. The second-order valence-electron chi connectivity index (χ2n) is 3.47. The molecule has 3 nitrogen and oxygen atoms in total. The van der Waals surface area contributed by atoms with Crippen molar-refractivity contribution in [2.45, 2.75) is 6.92 Å². The number of aromatic hydroxyl groups is 1. The number of phenolic OH excluding ortho intramolecular Hbond substituents is 1. The molecule has 2 rings (SSSR count). The standard InChI is InChI=1S/C12H12N2O/c1-8-7-10(4-6-12(8)15)11-5-3-9(2)13-14-11/h3-7,13,15H,2H2,1H3. The molecule has 1 heterocycles. The molecule has 1 aromatic rings. The van der Waals surface area contributed by atoms with E-state index < -0.39 is 0 Å². The minimum atomic E-state index is 0.302. The van der Waals surface area contributed by atoms with Crippen molar-refractivity contribution in [1.29, 1.82) is 0 Å². The average molecular weight is 200 g/mol. The van der Waals surface area contributed by atoms with Gasteiger partial charge in [-0.1, -0.05) is 6.58 Å². The van der Waals surface area contributed by atoms with Crippen molar-refractivity contribution < 1.29 is 5.11 Å². The van der Waals surface area contributed by atoms with Crippen LogP contribution < -0.4 is 5.43 Å². The number of hydrogen-bond donors (Lipinski definition) is 2. The van der Waals surface area contributed by atoms with Crippen molar-refractivity contribution >= 4 is 5.71 Å². The summed E-state index contributed by atoms with van der Waals surface area (Å²) in [5, 5.41) is 13.5. The van der Waals surface area contributed by atoms with E-state index in [-0.39, 0.29) is 0 Å². The van der Waals surface area contributed by atoms with Crippen molar-refractivity contribution in [3.63, 3.8) is 0 Å². The van der Waals surface area contributed by atoms with E-state index in [1.54, 1.807) is 6.07 Å². The van der Waals surface area contributed by atoms with E-state index >= 15 is 0 Å². The summed E-state index contributed by atoms with van der Waals surface area (Å²) in [6.07, 6.45) is 3.76. The molecule has 0 fully saturated rings. The van der Waals surface area contributed by atoms with Crippen LogP contribution in [0.5, 0.6) is 5.75 Å². The van der Waals surface area contributed by atoms with Crippen LogP contribution in [0.3, 0.4) is 0 Å². The quantitative estimate of drug-likeness (QED) is 0.729. The van der Waals surface area contributed by atoms with Gasteiger partial charge < -0.3 is 5.11 Å². The zero-order valence-corrected chi connectivity index (χ0v) is 8.49. The fraction of sp³-hybridized carbons (Fsp3) is 0.0833. The van der Waals surface area contributed by atoms with Gasteiger partial charge >= 0.3 is 0 Å². The number of allylic oxidation sites excluding steroid dienone is 2. The third kappa shape index (κ3) is 1.91. The second kappa shape index (κ2) is 3.61. The normalized spacial score (nSPS) is 14.7. The highest BCUT2D eigenvalue weighted by Gasteiger charge is 2.05. The molecular formula is C12H12N2O. The van der Waals surface area contributed by atoms with E-state index in [0.29, 0.717) is 5.75 Å². The molecule has 1 aromatic carbocycles. The van der Waals surface area contributed by atoms with E-state index in [2.05, 4.69) is 17.1 Å². The first-order valence-corrected chi connectivity index (χ1v) is 4.67. The maximum atomic E-state index is 9.40. The Hall–Kier alpha value is -2.03. The summed E-state index contributed by atoms with van der Waals surface area (Å²) < 4.78 is 0. The number of hydrogen-bond acceptors (Lipinski definition) is 3. The summed E-state index contributed by atoms with van der Waals surface area (Å²) in [5.74, 6) is 0.302. The van der Waals surface area contributed by atoms with Crippen LogP contribution in [0, 0.1) is 6.92 Å². The monoisotopic (exact) mass is 200 g/mol. The SMILES string of the molecule is C=C1C=CC(c2ccc(O)c(C)c2)=NN1. The molecule has 0 spiro atoms. The van der Waals surface area contributed by atoms with Gasteiger partial charge in [-0.25, -0.2) is 0 Å². The lowest BCUT2D eigenvalue weighted by molar-refractivity contribution is 0.471.